The van der Waals surface area contributed by atoms with Gasteiger partial charge in [0.1, 0.15) is 15.9 Å². The number of benzene rings is 1. The van der Waals surface area contributed by atoms with Crippen LogP contribution in [0.1, 0.15) is 22.5 Å². The summed E-state index contributed by atoms with van der Waals surface area (Å²) in [6.07, 6.45) is 1.70. The van der Waals surface area contributed by atoms with E-state index in [0.29, 0.717) is 12.4 Å². The summed E-state index contributed by atoms with van der Waals surface area (Å²) in [7, 11) is 0. The van der Waals surface area contributed by atoms with Crippen molar-refractivity contribution in [2.75, 3.05) is 0 Å². The van der Waals surface area contributed by atoms with Crippen molar-refractivity contribution in [1.82, 2.24) is 34.3 Å². The predicted molar refractivity (Wildman–Crippen MR) is 129 cm³/mol. The Hall–Kier alpha value is -4.25. The summed E-state index contributed by atoms with van der Waals surface area (Å²) >= 11 is 1.58. The number of nitrogens with zero attached hydrogens (tertiary/aromatic N) is 8. The molecular formula is C23H18N8O2S. The Morgan fingerprint density at radius 2 is 1.85 bits per heavy atom. The Kier molecular flexibility index (Phi) is 4.42. The van der Waals surface area contributed by atoms with Crippen LogP contribution in [0.3, 0.4) is 0 Å². The highest BCUT2D eigenvalue weighted by atomic mass is 32.1. The SMILES string of the molecule is Cc1cc(C)c2c(n1)sc1c2ncn2nc(-c3ccc(Cn4nc([N+](=O)[O-])cc4C)cc3)nc12. The van der Waals surface area contributed by atoms with E-state index >= 15 is 0 Å². The van der Waals surface area contributed by atoms with Crippen molar-refractivity contribution in [2.24, 2.45) is 0 Å². The zero-order valence-corrected chi connectivity index (χ0v) is 19.4. The summed E-state index contributed by atoms with van der Waals surface area (Å²) in [5.41, 5.74) is 6.36. The largest absolute Gasteiger partial charge is 0.390 e. The van der Waals surface area contributed by atoms with Crippen molar-refractivity contribution in [3.05, 3.63) is 75.4 Å². The van der Waals surface area contributed by atoms with Crippen LogP contribution < -0.4 is 0 Å². The molecular weight excluding hydrogens is 452 g/mol. The van der Waals surface area contributed by atoms with Crippen LogP contribution in [0.5, 0.6) is 0 Å². The topological polar surface area (TPSA) is 117 Å². The van der Waals surface area contributed by atoms with Gasteiger partial charge in [-0.25, -0.2) is 19.5 Å². The normalized spacial score (nSPS) is 11.7. The highest BCUT2D eigenvalue weighted by Gasteiger charge is 2.18. The lowest BCUT2D eigenvalue weighted by molar-refractivity contribution is -0.389. The van der Waals surface area contributed by atoms with E-state index in [1.54, 1.807) is 33.8 Å². The average molecular weight is 471 g/mol. The van der Waals surface area contributed by atoms with Crippen molar-refractivity contribution < 1.29 is 4.92 Å². The van der Waals surface area contributed by atoms with Crippen LogP contribution in [-0.2, 0) is 6.54 Å². The molecule has 11 heteroatoms. The first kappa shape index (κ1) is 20.4. The average Bonchev–Trinajstić information content (AvgIpc) is 3.49. The van der Waals surface area contributed by atoms with Crippen LogP contribution in [0.25, 0.3) is 37.5 Å². The monoisotopic (exact) mass is 470 g/mol. The van der Waals surface area contributed by atoms with Gasteiger partial charge in [0.15, 0.2) is 11.5 Å². The second-order valence-corrected chi connectivity index (χ2v) is 9.24. The first-order chi connectivity index (χ1) is 16.4. The van der Waals surface area contributed by atoms with E-state index in [4.69, 9.17) is 4.98 Å². The first-order valence-electron chi connectivity index (χ1n) is 10.6. The van der Waals surface area contributed by atoms with E-state index in [1.807, 2.05) is 31.2 Å². The summed E-state index contributed by atoms with van der Waals surface area (Å²) < 4.78 is 4.29. The van der Waals surface area contributed by atoms with Crippen molar-refractivity contribution in [2.45, 2.75) is 27.3 Å². The van der Waals surface area contributed by atoms with E-state index in [0.717, 1.165) is 54.2 Å². The van der Waals surface area contributed by atoms with Gasteiger partial charge >= 0.3 is 5.82 Å². The van der Waals surface area contributed by atoms with Crippen LogP contribution in [0.15, 0.2) is 42.7 Å². The van der Waals surface area contributed by atoms with Gasteiger partial charge in [0.05, 0.1) is 28.9 Å². The van der Waals surface area contributed by atoms with Gasteiger partial charge in [0.2, 0.25) is 0 Å². The lowest BCUT2D eigenvalue weighted by atomic mass is 10.1. The molecule has 0 N–H and O–H groups in total. The molecule has 0 bridgehead atoms. The number of thiophene rings is 1. The molecule has 5 aromatic heterocycles. The maximum Gasteiger partial charge on any atom is 0.390 e. The molecule has 0 amide bonds. The van der Waals surface area contributed by atoms with Gasteiger partial charge in [-0.05, 0) is 42.9 Å². The molecule has 0 saturated heterocycles. The van der Waals surface area contributed by atoms with Crippen LogP contribution in [0, 0.1) is 30.9 Å². The van der Waals surface area contributed by atoms with E-state index in [9.17, 15) is 10.1 Å². The zero-order valence-electron chi connectivity index (χ0n) is 18.6. The van der Waals surface area contributed by atoms with Gasteiger partial charge < -0.3 is 10.1 Å². The van der Waals surface area contributed by atoms with E-state index in [1.165, 1.54) is 6.07 Å². The number of hydrogen-bond donors (Lipinski definition) is 0. The highest BCUT2D eigenvalue weighted by molar-refractivity contribution is 7.26. The van der Waals surface area contributed by atoms with Crippen molar-refractivity contribution >= 4 is 43.2 Å². The van der Waals surface area contributed by atoms with Gasteiger partial charge in [-0.15, -0.1) is 16.4 Å². The lowest BCUT2D eigenvalue weighted by Gasteiger charge is -2.02. The maximum atomic E-state index is 11.0. The van der Waals surface area contributed by atoms with Crippen LogP contribution in [-0.4, -0.2) is 39.3 Å². The second kappa shape index (κ2) is 7.39. The van der Waals surface area contributed by atoms with Gasteiger partial charge in [-0.1, -0.05) is 24.3 Å². The Labute approximate surface area is 196 Å². The molecule has 0 aliphatic carbocycles. The molecule has 34 heavy (non-hydrogen) atoms. The van der Waals surface area contributed by atoms with Gasteiger partial charge in [0.25, 0.3) is 0 Å². The Morgan fingerprint density at radius 3 is 2.59 bits per heavy atom. The van der Waals surface area contributed by atoms with Crippen LogP contribution in [0.2, 0.25) is 0 Å². The molecule has 0 unspecified atom stereocenters. The number of nitro groups is 1. The fraction of sp³-hybridized carbons (Fsp3) is 0.174. The molecule has 6 aromatic rings. The minimum atomic E-state index is -0.484. The van der Waals surface area contributed by atoms with Crippen LogP contribution in [0.4, 0.5) is 5.82 Å². The van der Waals surface area contributed by atoms with Gasteiger partial charge in [-0.2, -0.15) is 4.68 Å². The number of hydrogen-bond acceptors (Lipinski definition) is 8. The molecule has 0 fully saturated rings. The predicted octanol–water partition coefficient (Wildman–Crippen LogP) is 4.63. The van der Waals surface area contributed by atoms with Gasteiger partial charge in [-0.3, -0.25) is 0 Å². The molecule has 0 saturated carbocycles. The molecule has 0 spiro atoms. The molecule has 0 aliphatic rings. The summed E-state index contributed by atoms with van der Waals surface area (Å²) in [6, 6.07) is 11.3. The van der Waals surface area contributed by atoms with Crippen LogP contribution >= 0.6 is 11.3 Å². The fourth-order valence-electron chi connectivity index (χ4n) is 4.17. The van der Waals surface area contributed by atoms with E-state index < -0.39 is 4.92 Å². The Bertz CT molecular complexity index is 1750. The molecule has 6 rings (SSSR count). The molecule has 0 aliphatic heterocycles. The number of fused-ring (bicyclic) bond motifs is 5. The number of aromatic nitrogens is 7. The zero-order chi connectivity index (χ0) is 23.6. The number of rotatable bonds is 4. The first-order valence-corrected chi connectivity index (χ1v) is 11.4. The summed E-state index contributed by atoms with van der Waals surface area (Å²) in [4.78, 5) is 25.6. The molecule has 0 atom stereocenters. The lowest BCUT2D eigenvalue weighted by Crippen LogP contribution is -2.04. The van der Waals surface area contributed by atoms with E-state index in [2.05, 4.69) is 33.2 Å². The quantitative estimate of drug-likeness (QED) is 0.272. The molecule has 5 heterocycles. The van der Waals surface area contributed by atoms with Gasteiger partial charge in [0, 0.05) is 16.6 Å². The van der Waals surface area contributed by atoms with Crippen molar-refractivity contribution in [1.29, 1.82) is 0 Å². The molecule has 10 nitrogen and oxygen atoms in total. The molecule has 0 radical (unpaired) electrons. The number of pyridine rings is 1. The number of aryl methyl sites for hydroxylation is 3. The molecule has 168 valence electrons. The smallest absolute Gasteiger partial charge is 0.358 e. The Balaban J connectivity index is 1.37. The van der Waals surface area contributed by atoms with E-state index in [-0.39, 0.29) is 5.82 Å². The summed E-state index contributed by atoms with van der Waals surface area (Å²) in [5.74, 6) is 0.454. The standard InChI is InChI=1S/C23H18N8O2S/c1-12-8-13(2)25-23-18(12)19-20(34-23)22-26-21(28-30(22)11-24-19)16-6-4-15(5-7-16)10-29-14(3)9-17(27-29)31(32)33/h4-9,11H,10H2,1-3H3. The minimum absolute atomic E-state index is 0.148. The minimum Gasteiger partial charge on any atom is -0.358 e. The van der Waals surface area contributed by atoms with Crippen molar-refractivity contribution in [3.63, 3.8) is 0 Å². The summed E-state index contributed by atoms with van der Waals surface area (Å²) in [6.45, 7) is 6.31. The molecule has 1 aromatic carbocycles. The Morgan fingerprint density at radius 1 is 1.06 bits per heavy atom. The van der Waals surface area contributed by atoms with Crippen molar-refractivity contribution in [3.8, 4) is 11.4 Å². The highest BCUT2D eigenvalue weighted by Crippen LogP contribution is 2.36. The third-order valence-electron chi connectivity index (χ3n) is 5.79. The summed E-state index contributed by atoms with van der Waals surface area (Å²) in [5, 5.41) is 20.7. The fourth-order valence-corrected chi connectivity index (χ4v) is 5.39. The third-order valence-corrected chi connectivity index (χ3v) is 6.86. The maximum absolute atomic E-state index is 11.0. The second-order valence-electron chi connectivity index (χ2n) is 8.24. The third kappa shape index (κ3) is 3.20.